The van der Waals surface area contributed by atoms with Crippen molar-refractivity contribution in [3.8, 4) is 0 Å². The first-order valence-electron chi connectivity index (χ1n) is 5.51. The van der Waals surface area contributed by atoms with Crippen LogP contribution in [0, 0.1) is 13.8 Å². The van der Waals surface area contributed by atoms with Crippen molar-refractivity contribution in [3.63, 3.8) is 0 Å². The average Bonchev–Trinajstić information content (AvgIpc) is 2.58. The van der Waals surface area contributed by atoms with Crippen LogP contribution in [0.5, 0.6) is 0 Å². The monoisotopic (exact) mass is 223 g/mol. The Bertz CT molecular complexity index is 380. The Balaban J connectivity index is 2.24. The van der Waals surface area contributed by atoms with Crippen molar-refractivity contribution in [3.05, 3.63) is 17.0 Å². The first-order valence-corrected chi connectivity index (χ1v) is 5.51. The first kappa shape index (κ1) is 11.1. The molecule has 5 heteroatoms. The van der Waals surface area contributed by atoms with Gasteiger partial charge in [0.05, 0.1) is 30.5 Å². The molecule has 1 N–H and O–H groups in total. The predicted molar refractivity (Wildman–Crippen MR) is 59.4 cm³/mol. The van der Waals surface area contributed by atoms with E-state index in [1.807, 2.05) is 25.7 Å². The maximum Gasteiger partial charge on any atom is 0.257 e. The zero-order valence-electron chi connectivity index (χ0n) is 9.91. The summed E-state index contributed by atoms with van der Waals surface area (Å²) >= 11 is 0. The molecule has 1 amide bonds. The number of aromatic amines is 1. The molecule has 0 saturated carbocycles. The number of nitrogens with zero attached hydrogens (tertiary/aromatic N) is 2. The molecule has 1 aliphatic rings. The number of hydrogen-bond acceptors (Lipinski definition) is 3. The maximum absolute atomic E-state index is 12.3. The van der Waals surface area contributed by atoms with Gasteiger partial charge in [-0.15, -0.1) is 0 Å². The number of carbonyl (C=O) groups is 1. The molecule has 0 spiro atoms. The van der Waals surface area contributed by atoms with Crippen LogP contribution in [0.2, 0.25) is 0 Å². The molecule has 0 unspecified atom stereocenters. The van der Waals surface area contributed by atoms with Gasteiger partial charge in [-0.1, -0.05) is 0 Å². The molecule has 16 heavy (non-hydrogen) atoms. The van der Waals surface area contributed by atoms with E-state index >= 15 is 0 Å². The molecule has 2 rings (SSSR count). The highest BCUT2D eigenvalue weighted by Gasteiger charge is 2.27. The number of carbonyl (C=O) groups excluding carboxylic acids is 1. The Morgan fingerprint density at radius 3 is 2.88 bits per heavy atom. The number of aryl methyl sites for hydroxylation is 2. The Labute approximate surface area is 94.8 Å². The van der Waals surface area contributed by atoms with Gasteiger partial charge in [0.25, 0.3) is 5.91 Å². The van der Waals surface area contributed by atoms with E-state index in [0.717, 1.165) is 11.4 Å². The molecule has 1 aromatic rings. The van der Waals surface area contributed by atoms with E-state index < -0.39 is 0 Å². The lowest BCUT2D eigenvalue weighted by Crippen LogP contribution is -2.47. The van der Waals surface area contributed by atoms with Gasteiger partial charge in [0.15, 0.2) is 0 Å². The summed E-state index contributed by atoms with van der Waals surface area (Å²) in [6, 6.07) is 0.134. The van der Waals surface area contributed by atoms with E-state index in [1.54, 1.807) is 0 Å². The highest BCUT2D eigenvalue weighted by molar-refractivity contribution is 5.96. The fraction of sp³-hybridized carbons (Fsp3) is 0.636. The van der Waals surface area contributed by atoms with Gasteiger partial charge in [-0.3, -0.25) is 9.89 Å². The maximum atomic E-state index is 12.3. The van der Waals surface area contributed by atoms with Gasteiger partial charge in [0.2, 0.25) is 0 Å². The number of morpholine rings is 1. The van der Waals surface area contributed by atoms with Gasteiger partial charge in [0.1, 0.15) is 0 Å². The average molecular weight is 223 g/mol. The smallest absolute Gasteiger partial charge is 0.257 e. The third kappa shape index (κ3) is 1.82. The lowest BCUT2D eigenvalue weighted by molar-refractivity contribution is 0.00351. The number of aromatic nitrogens is 2. The van der Waals surface area contributed by atoms with Crippen LogP contribution in [-0.2, 0) is 4.74 Å². The Morgan fingerprint density at radius 2 is 2.31 bits per heavy atom. The van der Waals surface area contributed by atoms with E-state index in [9.17, 15) is 4.79 Å². The van der Waals surface area contributed by atoms with Gasteiger partial charge >= 0.3 is 0 Å². The van der Waals surface area contributed by atoms with E-state index in [2.05, 4.69) is 10.2 Å². The molecule has 1 saturated heterocycles. The number of H-pyrrole nitrogens is 1. The van der Waals surface area contributed by atoms with Crippen molar-refractivity contribution in [1.29, 1.82) is 0 Å². The second kappa shape index (κ2) is 4.25. The molecule has 0 aromatic carbocycles. The lowest BCUT2D eigenvalue weighted by atomic mass is 10.1. The number of nitrogens with one attached hydrogen (secondary N) is 1. The molecule has 1 aromatic heterocycles. The van der Waals surface area contributed by atoms with Crippen LogP contribution < -0.4 is 0 Å². The molecule has 0 aliphatic carbocycles. The number of amides is 1. The second-order valence-electron chi connectivity index (χ2n) is 4.23. The van der Waals surface area contributed by atoms with Crippen LogP contribution in [0.25, 0.3) is 0 Å². The van der Waals surface area contributed by atoms with E-state index in [4.69, 9.17) is 4.74 Å². The minimum atomic E-state index is 0.0551. The minimum Gasteiger partial charge on any atom is -0.377 e. The van der Waals surface area contributed by atoms with Crippen molar-refractivity contribution >= 4 is 5.91 Å². The molecule has 88 valence electrons. The SMILES string of the molecule is Cc1n[nH]c(C)c1C(=O)N1CCOC[C@H]1C. The summed E-state index contributed by atoms with van der Waals surface area (Å²) in [5.74, 6) is 0.0551. The fourth-order valence-electron chi connectivity index (χ4n) is 2.04. The standard InChI is InChI=1S/C11H17N3O2/c1-7-6-16-5-4-14(7)11(15)10-8(2)12-13-9(10)3/h7H,4-6H2,1-3H3,(H,12,13)/t7-/m1/s1. The largest absolute Gasteiger partial charge is 0.377 e. The topological polar surface area (TPSA) is 58.2 Å². The zero-order chi connectivity index (χ0) is 11.7. The molecular weight excluding hydrogens is 206 g/mol. The van der Waals surface area contributed by atoms with Crippen LogP contribution in [-0.4, -0.2) is 46.8 Å². The van der Waals surface area contributed by atoms with Gasteiger partial charge in [-0.2, -0.15) is 5.10 Å². The van der Waals surface area contributed by atoms with Crippen molar-refractivity contribution in [1.82, 2.24) is 15.1 Å². The number of rotatable bonds is 1. The summed E-state index contributed by atoms with van der Waals surface area (Å²) in [4.78, 5) is 14.2. The molecule has 1 aliphatic heterocycles. The summed E-state index contributed by atoms with van der Waals surface area (Å²) in [6.45, 7) is 7.61. The minimum absolute atomic E-state index is 0.0551. The summed E-state index contributed by atoms with van der Waals surface area (Å²) in [6.07, 6.45) is 0. The van der Waals surface area contributed by atoms with Crippen LogP contribution in [0.4, 0.5) is 0 Å². The van der Waals surface area contributed by atoms with Gasteiger partial charge in [-0.25, -0.2) is 0 Å². The molecule has 0 radical (unpaired) electrons. The second-order valence-corrected chi connectivity index (χ2v) is 4.23. The van der Waals surface area contributed by atoms with Crippen molar-refractivity contribution in [2.24, 2.45) is 0 Å². The lowest BCUT2D eigenvalue weighted by Gasteiger charge is -2.33. The summed E-state index contributed by atoms with van der Waals surface area (Å²) in [7, 11) is 0. The van der Waals surface area contributed by atoms with Crippen molar-refractivity contribution in [2.45, 2.75) is 26.8 Å². The van der Waals surface area contributed by atoms with Crippen LogP contribution >= 0.6 is 0 Å². The molecular formula is C11H17N3O2. The number of ether oxygens (including phenoxy) is 1. The van der Waals surface area contributed by atoms with Crippen LogP contribution in [0.1, 0.15) is 28.7 Å². The first-order chi connectivity index (χ1) is 7.61. The Hall–Kier alpha value is -1.36. The third-order valence-corrected chi connectivity index (χ3v) is 2.97. The fourth-order valence-corrected chi connectivity index (χ4v) is 2.04. The molecule has 2 heterocycles. The predicted octanol–water partition coefficient (Wildman–Crippen LogP) is 0.887. The third-order valence-electron chi connectivity index (χ3n) is 2.97. The van der Waals surface area contributed by atoms with Crippen molar-refractivity contribution < 1.29 is 9.53 Å². The highest BCUT2D eigenvalue weighted by atomic mass is 16.5. The normalized spacial score (nSPS) is 21.2. The molecule has 5 nitrogen and oxygen atoms in total. The van der Waals surface area contributed by atoms with E-state index in [0.29, 0.717) is 25.3 Å². The molecule has 1 fully saturated rings. The van der Waals surface area contributed by atoms with Crippen molar-refractivity contribution in [2.75, 3.05) is 19.8 Å². The van der Waals surface area contributed by atoms with Crippen LogP contribution in [0.15, 0.2) is 0 Å². The summed E-state index contributed by atoms with van der Waals surface area (Å²) in [5, 5.41) is 6.90. The highest BCUT2D eigenvalue weighted by Crippen LogP contribution is 2.16. The number of hydrogen-bond donors (Lipinski definition) is 1. The summed E-state index contributed by atoms with van der Waals surface area (Å²) in [5.41, 5.74) is 2.30. The van der Waals surface area contributed by atoms with E-state index in [1.165, 1.54) is 0 Å². The summed E-state index contributed by atoms with van der Waals surface area (Å²) < 4.78 is 5.32. The Morgan fingerprint density at radius 1 is 1.56 bits per heavy atom. The van der Waals surface area contributed by atoms with Crippen LogP contribution in [0.3, 0.4) is 0 Å². The quantitative estimate of drug-likeness (QED) is 0.769. The zero-order valence-corrected chi connectivity index (χ0v) is 9.91. The molecule has 1 atom stereocenters. The Kier molecular flexibility index (Phi) is 2.96. The van der Waals surface area contributed by atoms with Gasteiger partial charge in [0, 0.05) is 12.2 Å². The van der Waals surface area contributed by atoms with Gasteiger partial charge < -0.3 is 9.64 Å². The van der Waals surface area contributed by atoms with E-state index in [-0.39, 0.29) is 11.9 Å². The van der Waals surface area contributed by atoms with Gasteiger partial charge in [-0.05, 0) is 20.8 Å². The molecule has 0 bridgehead atoms.